The summed E-state index contributed by atoms with van der Waals surface area (Å²) in [5.41, 5.74) is 3.52. The van der Waals surface area contributed by atoms with E-state index < -0.39 is 0 Å². The Kier molecular flexibility index (Phi) is 5.67. The lowest BCUT2D eigenvalue weighted by molar-refractivity contribution is 0.102. The summed E-state index contributed by atoms with van der Waals surface area (Å²) in [7, 11) is 1.63. The van der Waals surface area contributed by atoms with Crippen molar-refractivity contribution in [1.29, 1.82) is 0 Å². The van der Waals surface area contributed by atoms with Crippen LogP contribution in [0.2, 0.25) is 0 Å². The highest BCUT2D eigenvalue weighted by atomic mass is 16.5. The first kappa shape index (κ1) is 22.2. The molecule has 0 saturated heterocycles. The number of methoxy groups -OCH3 is 1. The molecule has 1 amide bonds. The summed E-state index contributed by atoms with van der Waals surface area (Å²) in [6, 6.07) is 32.2. The summed E-state index contributed by atoms with van der Waals surface area (Å²) in [5, 5.41) is 21.8. The van der Waals surface area contributed by atoms with Crippen molar-refractivity contribution in [3.63, 3.8) is 0 Å². The van der Waals surface area contributed by atoms with Gasteiger partial charge in [-0.2, -0.15) is 4.52 Å². The first-order valence-electron chi connectivity index (χ1n) is 11.7. The SMILES string of the molecule is COc1ccc(-c2nnc3c4ccccc4c(Nc4cccc(C(=O)Nc5ccccc5)c4)nn23)cc1. The Morgan fingerprint density at radius 3 is 2.30 bits per heavy atom. The number of fused-ring (bicyclic) bond motifs is 3. The molecule has 180 valence electrons. The number of benzene rings is 4. The van der Waals surface area contributed by atoms with Gasteiger partial charge >= 0.3 is 0 Å². The molecule has 6 aromatic rings. The van der Waals surface area contributed by atoms with E-state index in [-0.39, 0.29) is 5.91 Å². The summed E-state index contributed by atoms with van der Waals surface area (Å²) in [4.78, 5) is 12.8. The molecule has 0 radical (unpaired) electrons. The number of ether oxygens (including phenoxy) is 1. The molecule has 8 nitrogen and oxygen atoms in total. The normalized spacial score (nSPS) is 10.9. The zero-order valence-corrected chi connectivity index (χ0v) is 19.9. The summed E-state index contributed by atoms with van der Waals surface area (Å²) < 4.78 is 7.01. The summed E-state index contributed by atoms with van der Waals surface area (Å²) >= 11 is 0. The molecule has 0 aliphatic carbocycles. The fourth-order valence-corrected chi connectivity index (χ4v) is 4.19. The van der Waals surface area contributed by atoms with E-state index in [0.29, 0.717) is 22.9 Å². The Bertz CT molecular complexity index is 1730. The van der Waals surface area contributed by atoms with Crippen molar-refractivity contribution in [2.45, 2.75) is 0 Å². The summed E-state index contributed by atoms with van der Waals surface area (Å²) in [5.74, 6) is 1.80. The minimum absolute atomic E-state index is 0.191. The van der Waals surface area contributed by atoms with Gasteiger partial charge in [-0.3, -0.25) is 4.79 Å². The highest BCUT2D eigenvalue weighted by Crippen LogP contribution is 2.30. The van der Waals surface area contributed by atoms with Crippen molar-refractivity contribution in [3.8, 4) is 17.1 Å². The highest BCUT2D eigenvalue weighted by molar-refractivity contribution is 6.05. The van der Waals surface area contributed by atoms with Gasteiger partial charge in [0.25, 0.3) is 5.91 Å². The minimum Gasteiger partial charge on any atom is -0.497 e. The van der Waals surface area contributed by atoms with E-state index in [1.54, 1.807) is 23.8 Å². The quantitative estimate of drug-likeness (QED) is 0.302. The molecule has 0 unspecified atom stereocenters. The molecule has 0 saturated carbocycles. The second kappa shape index (κ2) is 9.43. The molecule has 0 aliphatic heterocycles. The molecular weight excluding hydrogens is 464 g/mol. The van der Waals surface area contributed by atoms with Crippen molar-refractivity contribution in [1.82, 2.24) is 19.8 Å². The molecule has 0 fully saturated rings. The van der Waals surface area contributed by atoms with E-state index in [9.17, 15) is 4.79 Å². The molecule has 4 aromatic carbocycles. The van der Waals surface area contributed by atoms with Crippen LogP contribution in [-0.4, -0.2) is 32.8 Å². The van der Waals surface area contributed by atoms with Crippen LogP contribution in [0.3, 0.4) is 0 Å². The number of aromatic nitrogens is 4. The number of rotatable bonds is 6. The second-order valence-corrected chi connectivity index (χ2v) is 8.41. The maximum atomic E-state index is 12.8. The Hall–Kier alpha value is -5.24. The summed E-state index contributed by atoms with van der Waals surface area (Å²) in [6.07, 6.45) is 0. The lowest BCUT2D eigenvalue weighted by atomic mass is 10.1. The average molecular weight is 487 g/mol. The van der Waals surface area contributed by atoms with E-state index in [4.69, 9.17) is 9.84 Å². The number of carbonyl (C=O) groups is 1. The van der Waals surface area contributed by atoms with E-state index in [2.05, 4.69) is 20.8 Å². The lowest BCUT2D eigenvalue weighted by Gasteiger charge is -2.12. The van der Waals surface area contributed by atoms with Gasteiger partial charge in [0.2, 0.25) is 0 Å². The van der Waals surface area contributed by atoms with Gasteiger partial charge in [0.1, 0.15) is 5.75 Å². The topological polar surface area (TPSA) is 93.4 Å². The molecule has 37 heavy (non-hydrogen) atoms. The number of amides is 1. The summed E-state index contributed by atoms with van der Waals surface area (Å²) in [6.45, 7) is 0. The average Bonchev–Trinajstić information content (AvgIpc) is 3.38. The molecule has 0 atom stereocenters. The third-order valence-electron chi connectivity index (χ3n) is 6.03. The van der Waals surface area contributed by atoms with Crippen LogP contribution in [-0.2, 0) is 0 Å². The fraction of sp³-hybridized carbons (Fsp3) is 0.0345. The van der Waals surface area contributed by atoms with Crippen molar-refractivity contribution in [2.24, 2.45) is 0 Å². The van der Waals surface area contributed by atoms with Gasteiger partial charge in [-0.15, -0.1) is 15.3 Å². The lowest BCUT2D eigenvalue weighted by Crippen LogP contribution is -2.12. The van der Waals surface area contributed by atoms with E-state index in [1.165, 1.54) is 0 Å². The molecule has 0 bridgehead atoms. The van der Waals surface area contributed by atoms with Crippen LogP contribution in [0.25, 0.3) is 27.8 Å². The van der Waals surface area contributed by atoms with Gasteiger partial charge in [-0.25, -0.2) is 0 Å². The van der Waals surface area contributed by atoms with Crippen LogP contribution in [0, 0.1) is 0 Å². The first-order chi connectivity index (χ1) is 18.2. The third kappa shape index (κ3) is 4.32. The third-order valence-corrected chi connectivity index (χ3v) is 6.03. The van der Waals surface area contributed by atoms with Crippen molar-refractivity contribution < 1.29 is 9.53 Å². The highest BCUT2D eigenvalue weighted by Gasteiger charge is 2.16. The number of hydrogen-bond donors (Lipinski definition) is 2. The predicted octanol–water partition coefficient (Wildman–Crippen LogP) is 5.95. The van der Waals surface area contributed by atoms with E-state index in [0.717, 1.165) is 33.5 Å². The van der Waals surface area contributed by atoms with Crippen LogP contribution < -0.4 is 15.4 Å². The largest absolute Gasteiger partial charge is 0.497 e. The minimum atomic E-state index is -0.191. The van der Waals surface area contributed by atoms with Gasteiger partial charge < -0.3 is 15.4 Å². The van der Waals surface area contributed by atoms with Crippen LogP contribution in [0.15, 0.2) is 103 Å². The van der Waals surface area contributed by atoms with Gasteiger partial charge in [0.05, 0.1) is 7.11 Å². The number of nitrogens with one attached hydrogen (secondary N) is 2. The monoisotopic (exact) mass is 486 g/mol. The maximum Gasteiger partial charge on any atom is 0.255 e. The molecule has 2 aromatic heterocycles. The molecule has 0 spiro atoms. The Morgan fingerprint density at radius 2 is 1.51 bits per heavy atom. The Balaban J connectivity index is 1.39. The van der Waals surface area contributed by atoms with Crippen molar-refractivity contribution in [2.75, 3.05) is 17.7 Å². The fourth-order valence-electron chi connectivity index (χ4n) is 4.19. The van der Waals surface area contributed by atoms with Gasteiger partial charge in [-0.1, -0.05) is 48.5 Å². The van der Waals surface area contributed by atoms with Crippen LogP contribution in [0.4, 0.5) is 17.2 Å². The van der Waals surface area contributed by atoms with Crippen LogP contribution >= 0.6 is 0 Å². The smallest absolute Gasteiger partial charge is 0.255 e. The Labute approximate surface area is 212 Å². The number of hydrogen-bond acceptors (Lipinski definition) is 6. The second-order valence-electron chi connectivity index (χ2n) is 8.41. The Morgan fingerprint density at radius 1 is 0.784 bits per heavy atom. The van der Waals surface area contributed by atoms with Crippen molar-refractivity contribution >= 4 is 39.5 Å². The van der Waals surface area contributed by atoms with Crippen LogP contribution in [0.1, 0.15) is 10.4 Å². The molecular formula is C29H22N6O2. The standard InChI is InChI=1S/C29H22N6O2/c1-37-23-16-14-19(15-17-23)27-32-33-28-25-13-6-5-12-24(25)26(34-35(27)28)30-22-11-7-8-20(18-22)29(36)31-21-9-3-2-4-10-21/h2-18H,1H3,(H,30,34)(H,31,36). The van der Waals surface area contributed by atoms with Gasteiger partial charge in [-0.05, 0) is 54.6 Å². The van der Waals surface area contributed by atoms with Gasteiger partial charge in [0, 0.05) is 33.3 Å². The zero-order chi connectivity index (χ0) is 25.2. The first-order valence-corrected chi connectivity index (χ1v) is 11.7. The molecule has 0 aliphatic rings. The number of carbonyl (C=O) groups excluding carboxylic acids is 1. The molecule has 8 heteroatoms. The van der Waals surface area contributed by atoms with Crippen molar-refractivity contribution in [3.05, 3.63) is 109 Å². The molecule has 2 N–H and O–H groups in total. The predicted molar refractivity (Wildman–Crippen MR) is 144 cm³/mol. The van der Waals surface area contributed by atoms with E-state index in [1.807, 2.05) is 91.0 Å². The van der Waals surface area contributed by atoms with Crippen LogP contribution in [0.5, 0.6) is 5.75 Å². The number of para-hydroxylation sites is 1. The maximum absolute atomic E-state index is 12.8. The van der Waals surface area contributed by atoms with E-state index >= 15 is 0 Å². The number of anilines is 3. The molecule has 2 heterocycles. The zero-order valence-electron chi connectivity index (χ0n) is 19.9. The van der Waals surface area contributed by atoms with Gasteiger partial charge in [0.15, 0.2) is 17.3 Å². The number of nitrogens with zero attached hydrogens (tertiary/aromatic N) is 4. The molecule has 6 rings (SSSR count).